The zero-order chi connectivity index (χ0) is 37.2. The Kier molecular flexibility index (Phi) is 12.9. The van der Waals surface area contributed by atoms with E-state index in [1.807, 2.05) is 60.7 Å². The number of ether oxygens (including phenoxy) is 6. The van der Waals surface area contributed by atoms with Crippen LogP contribution in [-0.2, 0) is 10.4 Å². The van der Waals surface area contributed by atoms with Crippen molar-refractivity contribution in [2.75, 3.05) is 53.0 Å². The van der Waals surface area contributed by atoms with Gasteiger partial charge in [-0.05, 0) is 97.4 Å². The zero-order valence-electron chi connectivity index (χ0n) is 28.8. The van der Waals surface area contributed by atoms with Crippen molar-refractivity contribution in [3.05, 3.63) is 108 Å². The molecule has 2 fully saturated rings. The summed E-state index contributed by atoms with van der Waals surface area (Å²) in [6, 6.07) is 25.0. The summed E-state index contributed by atoms with van der Waals surface area (Å²) >= 11 is 0. The maximum Gasteiger partial charge on any atom is 0.394 e. The predicted molar refractivity (Wildman–Crippen MR) is 191 cm³/mol. The molecule has 4 atom stereocenters. The molecule has 0 radical (unpaired) electrons. The Balaban J connectivity index is 0.000000161. The first-order valence-corrected chi connectivity index (χ1v) is 18.7. The average molecular weight is 757 g/mol. The number of rotatable bonds is 8. The summed E-state index contributed by atoms with van der Waals surface area (Å²) in [5.41, 5.74) is 2.36. The molecule has 0 bridgehead atoms. The first-order valence-electron chi connectivity index (χ1n) is 17.3. The van der Waals surface area contributed by atoms with E-state index in [9.17, 15) is 8.78 Å². The summed E-state index contributed by atoms with van der Waals surface area (Å²) in [4.78, 5) is 0. The molecular formula is C38H42F2N2O10S. The smallest absolute Gasteiger partial charge is 0.394 e. The lowest BCUT2D eigenvalue weighted by Gasteiger charge is -2.32. The highest BCUT2D eigenvalue weighted by molar-refractivity contribution is 7.79. The molecule has 4 aliphatic heterocycles. The standard InChI is InChI=1S/2C19H20FNO3.H2O4S/c2*20-15-3-1-13(2-4-15)17-7-8-21-10-14(17)11-22-16-5-6-18-19(9-16)24-12-23-18;1-5(2,3)4/h2*1-6,9,14,17,21H,7-8,10-12H2;(H2,1,2,3,4)/t2*14-,17-;/m00./s1. The lowest BCUT2D eigenvalue weighted by molar-refractivity contribution is 0.173. The van der Waals surface area contributed by atoms with E-state index in [0.717, 1.165) is 73.5 Å². The third-order valence-corrected chi connectivity index (χ3v) is 9.43. The Labute approximate surface area is 306 Å². The molecule has 4 N–H and O–H groups in total. The van der Waals surface area contributed by atoms with Gasteiger partial charge in [-0.2, -0.15) is 8.42 Å². The van der Waals surface area contributed by atoms with Crippen LogP contribution in [0.4, 0.5) is 8.78 Å². The van der Waals surface area contributed by atoms with Gasteiger partial charge in [0.1, 0.15) is 23.1 Å². The molecule has 4 heterocycles. The van der Waals surface area contributed by atoms with Crippen molar-refractivity contribution < 1.29 is 54.7 Å². The maximum atomic E-state index is 13.2. The van der Waals surface area contributed by atoms with Crippen molar-refractivity contribution in [2.24, 2.45) is 11.8 Å². The van der Waals surface area contributed by atoms with Gasteiger partial charge in [-0.1, -0.05) is 24.3 Å². The lowest BCUT2D eigenvalue weighted by Crippen LogP contribution is -2.38. The van der Waals surface area contributed by atoms with Crippen molar-refractivity contribution in [3.63, 3.8) is 0 Å². The van der Waals surface area contributed by atoms with Crippen molar-refractivity contribution in [1.82, 2.24) is 10.6 Å². The second-order valence-electron chi connectivity index (χ2n) is 12.9. The van der Waals surface area contributed by atoms with Gasteiger partial charge in [-0.25, -0.2) is 8.78 Å². The minimum Gasteiger partial charge on any atom is -0.493 e. The number of hydrogen-bond acceptors (Lipinski definition) is 10. The van der Waals surface area contributed by atoms with Crippen LogP contribution >= 0.6 is 0 Å². The van der Waals surface area contributed by atoms with E-state index in [1.54, 1.807) is 0 Å². The van der Waals surface area contributed by atoms with Crippen LogP contribution in [0.3, 0.4) is 0 Å². The van der Waals surface area contributed by atoms with Gasteiger partial charge < -0.3 is 39.1 Å². The molecular weight excluding hydrogens is 714 g/mol. The molecule has 284 valence electrons. The number of nitrogens with one attached hydrogen (secondary N) is 2. The monoisotopic (exact) mass is 756 g/mol. The maximum absolute atomic E-state index is 13.2. The van der Waals surface area contributed by atoms with E-state index in [4.69, 9.17) is 45.9 Å². The molecule has 4 aromatic rings. The van der Waals surface area contributed by atoms with Crippen LogP contribution in [0.2, 0.25) is 0 Å². The van der Waals surface area contributed by atoms with Crippen LogP contribution in [0.5, 0.6) is 34.5 Å². The second-order valence-corrected chi connectivity index (χ2v) is 13.8. The topological polar surface area (TPSA) is 154 Å². The van der Waals surface area contributed by atoms with Gasteiger partial charge in [0.2, 0.25) is 13.6 Å². The first kappa shape index (κ1) is 38.1. The van der Waals surface area contributed by atoms with E-state index in [2.05, 4.69) is 10.6 Å². The SMILES string of the molecule is Fc1ccc([C@@H]2CCNC[C@H]2COc2ccc3c(c2)OCO3)cc1.Fc1ccc([C@@H]2CCNC[C@H]2COc2ccc3c(c2)OCO3)cc1.O=S(=O)(O)O. The first-order chi connectivity index (χ1) is 25.6. The Hall–Kier alpha value is -4.67. The minimum atomic E-state index is -4.67. The highest BCUT2D eigenvalue weighted by Gasteiger charge is 2.28. The van der Waals surface area contributed by atoms with E-state index >= 15 is 0 Å². The van der Waals surface area contributed by atoms with Crippen LogP contribution in [0.25, 0.3) is 0 Å². The summed E-state index contributed by atoms with van der Waals surface area (Å²) in [6.07, 6.45) is 2.06. The molecule has 0 amide bonds. The molecule has 8 rings (SSSR count). The Morgan fingerprint density at radius 1 is 0.604 bits per heavy atom. The molecule has 0 aromatic heterocycles. The second kappa shape index (κ2) is 17.9. The van der Waals surface area contributed by atoms with E-state index in [0.29, 0.717) is 36.9 Å². The number of halogens is 2. The van der Waals surface area contributed by atoms with Gasteiger partial charge in [0.15, 0.2) is 23.0 Å². The van der Waals surface area contributed by atoms with Crippen molar-refractivity contribution in [3.8, 4) is 34.5 Å². The average Bonchev–Trinajstić information content (AvgIpc) is 3.83. The Morgan fingerprint density at radius 2 is 0.981 bits per heavy atom. The van der Waals surface area contributed by atoms with Gasteiger partial charge in [0.05, 0.1) is 13.2 Å². The molecule has 0 aliphatic carbocycles. The Bertz CT molecular complexity index is 1770. The van der Waals surface area contributed by atoms with Crippen molar-refractivity contribution in [2.45, 2.75) is 24.7 Å². The molecule has 0 spiro atoms. The van der Waals surface area contributed by atoms with Crippen LogP contribution in [0, 0.1) is 23.5 Å². The van der Waals surface area contributed by atoms with E-state index < -0.39 is 10.4 Å². The van der Waals surface area contributed by atoms with E-state index in [-0.39, 0.29) is 25.2 Å². The van der Waals surface area contributed by atoms with Gasteiger partial charge in [-0.15, -0.1) is 0 Å². The fourth-order valence-electron chi connectivity index (χ4n) is 6.83. The summed E-state index contributed by atoms with van der Waals surface area (Å²) in [7, 11) is -4.67. The number of piperidine rings is 2. The molecule has 53 heavy (non-hydrogen) atoms. The molecule has 4 aliphatic rings. The lowest BCUT2D eigenvalue weighted by atomic mass is 9.81. The highest BCUT2D eigenvalue weighted by atomic mass is 32.3. The minimum absolute atomic E-state index is 0.194. The van der Waals surface area contributed by atoms with Crippen LogP contribution < -0.4 is 39.1 Å². The predicted octanol–water partition coefficient (Wildman–Crippen LogP) is 6.00. The summed E-state index contributed by atoms with van der Waals surface area (Å²) in [6.45, 7) is 5.48. The molecule has 0 unspecified atom stereocenters. The third kappa shape index (κ3) is 11.2. The molecule has 12 nitrogen and oxygen atoms in total. The van der Waals surface area contributed by atoms with Gasteiger partial charge >= 0.3 is 10.4 Å². The molecule has 4 aromatic carbocycles. The summed E-state index contributed by atoms with van der Waals surface area (Å²) in [5, 5.41) is 6.85. The largest absolute Gasteiger partial charge is 0.493 e. The van der Waals surface area contributed by atoms with Gasteiger partial charge in [0, 0.05) is 37.1 Å². The molecule has 15 heteroatoms. The van der Waals surface area contributed by atoms with E-state index in [1.165, 1.54) is 35.4 Å². The normalized spacial score (nSPS) is 21.4. The Morgan fingerprint density at radius 3 is 1.38 bits per heavy atom. The fourth-order valence-corrected chi connectivity index (χ4v) is 6.83. The highest BCUT2D eigenvalue weighted by Crippen LogP contribution is 2.38. The van der Waals surface area contributed by atoms with Gasteiger partial charge in [-0.3, -0.25) is 9.11 Å². The molecule has 2 saturated heterocycles. The quantitative estimate of drug-likeness (QED) is 0.156. The molecule has 0 saturated carbocycles. The van der Waals surface area contributed by atoms with Crippen LogP contribution in [0.1, 0.15) is 35.8 Å². The third-order valence-electron chi connectivity index (χ3n) is 9.43. The summed E-state index contributed by atoms with van der Waals surface area (Å²) < 4.78 is 91.3. The fraction of sp³-hybridized carbons (Fsp3) is 0.368. The van der Waals surface area contributed by atoms with Crippen molar-refractivity contribution in [1.29, 1.82) is 0 Å². The number of benzene rings is 4. The summed E-state index contributed by atoms with van der Waals surface area (Å²) in [5.74, 6) is 5.57. The number of fused-ring (bicyclic) bond motifs is 2. The van der Waals surface area contributed by atoms with Crippen LogP contribution in [0.15, 0.2) is 84.9 Å². The van der Waals surface area contributed by atoms with Crippen LogP contribution in [-0.4, -0.2) is 70.5 Å². The zero-order valence-corrected chi connectivity index (χ0v) is 29.6. The van der Waals surface area contributed by atoms with Gasteiger partial charge in [0.25, 0.3) is 0 Å². The van der Waals surface area contributed by atoms with Crippen molar-refractivity contribution >= 4 is 10.4 Å². The number of hydrogen-bond donors (Lipinski definition) is 4.